The third kappa shape index (κ3) is 22.4. The SMILES string of the molecule is COC(=O)CCCCCCCC1CC1CCCCCCCCCCCCCCCCCCN(C)C. The first-order valence-corrected chi connectivity index (χ1v) is 15.8. The number of ether oxygens (including phenoxy) is 1. The van der Waals surface area contributed by atoms with Gasteiger partial charge in [-0.15, -0.1) is 0 Å². The van der Waals surface area contributed by atoms with Crippen molar-refractivity contribution in [2.24, 2.45) is 11.8 Å². The molecule has 0 saturated heterocycles. The lowest BCUT2D eigenvalue weighted by atomic mass is 10.0. The highest BCUT2D eigenvalue weighted by Crippen LogP contribution is 2.45. The molecule has 0 spiro atoms. The van der Waals surface area contributed by atoms with E-state index in [0.717, 1.165) is 18.3 Å². The van der Waals surface area contributed by atoms with E-state index in [2.05, 4.69) is 19.0 Å². The van der Waals surface area contributed by atoms with E-state index in [4.69, 9.17) is 4.74 Å². The zero-order valence-electron chi connectivity index (χ0n) is 24.3. The van der Waals surface area contributed by atoms with Crippen LogP contribution in [0.25, 0.3) is 0 Å². The first-order valence-electron chi connectivity index (χ1n) is 15.8. The first kappa shape index (κ1) is 32.5. The van der Waals surface area contributed by atoms with Gasteiger partial charge in [-0.05, 0) is 51.7 Å². The van der Waals surface area contributed by atoms with E-state index in [-0.39, 0.29) is 5.97 Å². The van der Waals surface area contributed by atoms with E-state index in [1.54, 1.807) is 0 Å². The van der Waals surface area contributed by atoms with Crippen molar-refractivity contribution in [3.63, 3.8) is 0 Å². The Hall–Kier alpha value is -0.570. The molecule has 1 saturated carbocycles. The molecule has 0 N–H and O–H groups in total. The minimum Gasteiger partial charge on any atom is -0.469 e. The Morgan fingerprint density at radius 3 is 1.29 bits per heavy atom. The van der Waals surface area contributed by atoms with Crippen molar-refractivity contribution in [1.82, 2.24) is 4.90 Å². The average Bonchev–Trinajstić information content (AvgIpc) is 3.60. The second-order valence-electron chi connectivity index (χ2n) is 11.9. The molecule has 0 aliphatic heterocycles. The largest absolute Gasteiger partial charge is 0.469 e. The van der Waals surface area contributed by atoms with Crippen molar-refractivity contribution in [2.75, 3.05) is 27.7 Å². The minimum atomic E-state index is -0.0561. The summed E-state index contributed by atoms with van der Waals surface area (Å²) in [7, 11) is 5.83. The molecule has 0 bridgehead atoms. The predicted molar refractivity (Wildman–Crippen MR) is 153 cm³/mol. The van der Waals surface area contributed by atoms with E-state index >= 15 is 0 Å². The number of nitrogens with zero attached hydrogens (tertiary/aromatic N) is 1. The highest BCUT2D eigenvalue weighted by molar-refractivity contribution is 5.68. The highest BCUT2D eigenvalue weighted by atomic mass is 16.5. The monoisotopic (exact) mass is 493 g/mol. The lowest BCUT2D eigenvalue weighted by Crippen LogP contribution is -2.12. The minimum absolute atomic E-state index is 0.0561. The highest BCUT2D eigenvalue weighted by Gasteiger charge is 2.34. The van der Waals surface area contributed by atoms with Crippen LogP contribution in [0.4, 0.5) is 0 Å². The zero-order chi connectivity index (χ0) is 25.4. The van der Waals surface area contributed by atoms with Gasteiger partial charge in [-0.3, -0.25) is 4.79 Å². The molecule has 2 unspecified atom stereocenters. The van der Waals surface area contributed by atoms with Crippen LogP contribution in [0.5, 0.6) is 0 Å². The molecule has 0 aromatic rings. The van der Waals surface area contributed by atoms with Crippen molar-refractivity contribution < 1.29 is 9.53 Å². The van der Waals surface area contributed by atoms with E-state index < -0.39 is 0 Å². The third-order valence-corrected chi connectivity index (χ3v) is 8.18. The Morgan fingerprint density at radius 2 is 0.914 bits per heavy atom. The summed E-state index contributed by atoms with van der Waals surface area (Å²) in [6.45, 7) is 1.26. The third-order valence-electron chi connectivity index (χ3n) is 8.18. The maximum Gasteiger partial charge on any atom is 0.305 e. The number of carbonyl (C=O) groups excluding carboxylic acids is 1. The van der Waals surface area contributed by atoms with Gasteiger partial charge in [-0.25, -0.2) is 0 Å². The molecule has 0 aromatic carbocycles. The number of carbonyl (C=O) groups is 1. The number of unbranched alkanes of at least 4 members (excludes halogenated alkanes) is 19. The number of hydrogen-bond acceptors (Lipinski definition) is 3. The van der Waals surface area contributed by atoms with Crippen molar-refractivity contribution in [2.45, 2.75) is 161 Å². The molecule has 1 aliphatic rings. The molecule has 3 nitrogen and oxygen atoms in total. The van der Waals surface area contributed by atoms with E-state index in [1.807, 2.05) is 0 Å². The molecule has 35 heavy (non-hydrogen) atoms. The van der Waals surface area contributed by atoms with Gasteiger partial charge in [-0.1, -0.05) is 135 Å². The summed E-state index contributed by atoms with van der Waals surface area (Å²) < 4.78 is 4.69. The van der Waals surface area contributed by atoms with Crippen molar-refractivity contribution >= 4 is 5.97 Å². The van der Waals surface area contributed by atoms with Gasteiger partial charge < -0.3 is 9.64 Å². The first-order chi connectivity index (χ1) is 17.1. The molecule has 1 fully saturated rings. The Labute approximate surface area is 220 Å². The van der Waals surface area contributed by atoms with Gasteiger partial charge in [0.2, 0.25) is 0 Å². The van der Waals surface area contributed by atoms with Crippen LogP contribution in [-0.2, 0) is 9.53 Å². The molecular weight excluding hydrogens is 430 g/mol. The van der Waals surface area contributed by atoms with Gasteiger partial charge in [0, 0.05) is 6.42 Å². The quantitative estimate of drug-likeness (QED) is 0.0842. The van der Waals surface area contributed by atoms with Crippen molar-refractivity contribution in [3.8, 4) is 0 Å². The fourth-order valence-electron chi connectivity index (χ4n) is 5.64. The molecular formula is C32H63NO2. The molecule has 2 atom stereocenters. The van der Waals surface area contributed by atoms with E-state index in [9.17, 15) is 4.79 Å². The van der Waals surface area contributed by atoms with Gasteiger partial charge in [0.25, 0.3) is 0 Å². The molecule has 1 aliphatic carbocycles. The van der Waals surface area contributed by atoms with Crippen LogP contribution in [0.1, 0.15) is 161 Å². The second-order valence-corrected chi connectivity index (χ2v) is 11.9. The van der Waals surface area contributed by atoms with Crippen LogP contribution in [0.3, 0.4) is 0 Å². The van der Waals surface area contributed by atoms with Crippen LogP contribution in [0.2, 0.25) is 0 Å². The molecule has 0 radical (unpaired) electrons. The lowest BCUT2D eigenvalue weighted by Gasteiger charge is -2.08. The average molecular weight is 494 g/mol. The summed E-state index contributed by atoms with van der Waals surface area (Å²) in [6, 6.07) is 0. The fraction of sp³-hybridized carbons (Fsp3) is 0.969. The summed E-state index contributed by atoms with van der Waals surface area (Å²) in [5.41, 5.74) is 0. The van der Waals surface area contributed by atoms with Gasteiger partial charge in [0.05, 0.1) is 7.11 Å². The van der Waals surface area contributed by atoms with E-state index in [1.165, 1.54) is 161 Å². The molecule has 0 amide bonds. The lowest BCUT2D eigenvalue weighted by molar-refractivity contribution is -0.140. The number of rotatable bonds is 27. The van der Waals surface area contributed by atoms with Crippen molar-refractivity contribution in [3.05, 3.63) is 0 Å². The molecule has 3 heteroatoms. The normalized spacial score (nSPS) is 17.3. The van der Waals surface area contributed by atoms with Gasteiger partial charge in [0.15, 0.2) is 0 Å². The number of hydrogen-bond donors (Lipinski definition) is 0. The fourth-order valence-corrected chi connectivity index (χ4v) is 5.64. The molecule has 0 heterocycles. The Balaban J connectivity index is 1.68. The number of esters is 1. The van der Waals surface area contributed by atoms with E-state index in [0.29, 0.717) is 6.42 Å². The summed E-state index contributed by atoms with van der Waals surface area (Å²) in [5, 5.41) is 0. The maximum absolute atomic E-state index is 11.1. The topological polar surface area (TPSA) is 29.5 Å². The van der Waals surface area contributed by atoms with Crippen LogP contribution < -0.4 is 0 Å². The summed E-state index contributed by atoms with van der Waals surface area (Å²) in [6.07, 6.45) is 34.6. The Morgan fingerprint density at radius 1 is 0.571 bits per heavy atom. The second kappa shape index (κ2) is 23.8. The molecule has 0 aromatic heterocycles. The molecule has 1 rings (SSSR count). The maximum atomic E-state index is 11.1. The van der Waals surface area contributed by atoms with Crippen LogP contribution >= 0.6 is 0 Å². The molecule has 208 valence electrons. The van der Waals surface area contributed by atoms with Gasteiger partial charge in [-0.2, -0.15) is 0 Å². The standard InChI is InChI=1S/C32H63NO2/c1-33(2)28-24-20-15-13-11-9-7-5-4-6-8-10-12-14-17-21-25-30-29-31(30)26-22-18-16-19-23-27-32(34)35-3/h30-31H,4-29H2,1-3H3. The number of methoxy groups -OCH3 is 1. The van der Waals surface area contributed by atoms with Gasteiger partial charge in [0.1, 0.15) is 0 Å². The van der Waals surface area contributed by atoms with Crippen LogP contribution in [0.15, 0.2) is 0 Å². The van der Waals surface area contributed by atoms with Crippen molar-refractivity contribution in [1.29, 1.82) is 0 Å². The Bertz CT molecular complexity index is 464. The summed E-state index contributed by atoms with van der Waals surface area (Å²) >= 11 is 0. The zero-order valence-corrected chi connectivity index (χ0v) is 24.3. The van der Waals surface area contributed by atoms with Crippen LogP contribution in [-0.4, -0.2) is 38.6 Å². The van der Waals surface area contributed by atoms with Gasteiger partial charge >= 0.3 is 5.97 Å². The predicted octanol–water partition coefficient (Wildman–Crippen LogP) is 9.72. The smallest absolute Gasteiger partial charge is 0.305 e. The summed E-state index contributed by atoms with van der Waals surface area (Å²) in [5.74, 6) is 2.06. The Kier molecular flexibility index (Phi) is 22.1. The van der Waals surface area contributed by atoms with Crippen LogP contribution in [0, 0.1) is 11.8 Å². The summed E-state index contributed by atoms with van der Waals surface area (Å²) in [4.78, 5) is 13.4.